The number of carbonyl (C=O) groups excluding carboxylic acids is 2. The molecule has 180 valence electrons. The average molecular weight is 509 g/mol. The SMILES string of the molecule is COc1ccccc1C(=O)NC(=S)Nc1ccccc1N1CCN(C(=O)c2ccc(Cl)cc2)CC1. The Bertz CT molecular complexity index is 1230. The number of carbonyl (C=O) groups is 2. The first-order chi connectivity index (χ1) is 17.0. The minimum absolute atomic E-state index is 0.00652. The Morgan fingerprint density at radius 1 is 0.914 bits per heavy atom. The van der Waals surface area contributed by atoms with Gasteiger partial charge in [0.15, 0.2) is 5.11 Å². The molecule has 7 nitrogen and oxygen atoms in total. The lowest BCUT2D eigenvalue weighted by Gasteiger charge is -2.37. The molecule has 0 atom stereocenters. The minimum atomic E-state index is -0.355. The van der Waals surface area contributed by atoms with Gasteiger partial charge in [-0.15, -0.1) is 0 Å². The molecule has 35 heavy (non-hydrogen) atoms. The van der Waals surface area contributed by atoms with Crippen molar-refractivity contribution in [1.29, 1.82) is 0 Å². The highest BCUT2D eigenvalue weighted by atomic mass is 35.5. The number of nitrogens with zero attached hydrogens (tertiary/aromatic N) is 2. The number of hydrogen-bond acceptors (Lipinski definition) is 5. The number of benzene rings is 3. The number of anilines is 2. The predicted octanol–water partition coefficient (Wildman–Crippen LogP) is 4.44. The molecule has 4 rings (SSSR count). The van der Waals surface area contributed by atoms with Crippen LogP contribution in [0.15, 0.2) is 72.8 Å². The molecule has 1 fully saturated rings. The largest absolute Gasteiger partial charge is 0.496 e. The summed E-state index contributed by atoms with van der Waals surface area (Å²) in [6.07, 6.45) is 0. The fraction of sp³-hybridized carbons (Fsp3) is 0.192. The first-order valence-corrected chi connectivity index (χ1v) is 11.9. The van der Waals surface area contributed by atoms with Crippen LogP contribution in [0.25, 0.3) is 0 Å². The normalized spacial score (nSPS) is 13.2. The van der Waals surface area contributed by atoms with Crippen molar-refractivity contribution >= 4 is 52.1 Å². The molecule has 0 saturated carbocycles. The molecular formula is C26H25ClN4O3S. The summed E-state index contributed by atoms with van der Waals surface area (Å²) in [5.41, 5.74) is 2.74. The summed E-state index contributed by atoms with van der Waals surface area (Å²) < 4.78 is 5.26. The monoisotopic (exact) mass is 508 g/mol. The molecule has 1 aliphatic rings. The number of hydrogen-bond donors (Lipinski definition) is 2. The number of ether oxygens (including phenoxy) is 1. The van der Waals surface area contributed by atoms with Crippen LogP contribution in [-0.2, 0) is 0 Å². The molecule has 1 heterocycles. The van der Waals surface area contributed by atoms with Crippen molar-refractivity contribution in [3.8, 4) is 5.75 Å². The molecular weight excluding hydrogens is 484 g/mol. The van der Waals surface area contributed by atoms with Gasteiger partial charge in [0.25, 0.3) is 11.8 Å². The number of nitrogens with one attached hydrogen (secondary N) is 2. The topological polar surface area (TPSA) is 73.9 Å². The second-order valence-electron chi connectivity index (χ2n) is 7.91. The van der Waals surface area contributed by atoms with E-state index >= 15 is 0 Å². The third-order valence-corrected chi connectivity index (χ3v) is 6.19. The zero-order chi connectivity index (χ0) is 24.8. The van der Waals surface area contributed by atoms with E-state index in [-0.39, 0.29) is 16.9 Å². The Kier molecular flexibility index (Phi) is 7.84. The summed E-state index contributed by atoms with van der Waals surface area (Å²) in [5.74, 6) is 0.110. The van der Waals surface area contributed by atoms with E-state index in [1.54, 1.807) is 48.5 Å². The number of amides is 2. The van der Waals surface area contributed by atoms with Gasteiger partial charge in [-0.3, -0.25) is 14.9 Å². The van der Waals surface area contributed by atoms with Crippen molar-refractivity contribution in [3.63, 3.8) is 0 Å². The molecule has 0 radical (unpaired) electrons. The summed E-state index contributed by atoms with van der Waals surface area (Å²) in [5, 5.41) is 6.64. The van der Waals surface area contributed by atoms with Gasteiger partial charge in [0.1, 0.15) is 5.75 Å². The lowest BCUT2D eigenvalue weighted by molar-refractivity contribution is 0.0746. The number of thiocarbonyl (C=S) groups is 1. The fourth-order valence-corrected chi connectivity index (χ4v) is 4.27. The van der Waals surface area contributed by atoms with Gasteiger partial charge >= 0.3 is 0 Å². The van der Waals surface area contributed by atoms with E-state index in [9.17, 15) is 9.59 Å². The van der Waals surface area contributed by atoms with Gasteiger partial charge in [0.2, 0.25) is 0 Å². The zero-order valence-corrected chi connectivity index (χ0v) is 20.7. The highest BCUT2D eigenvalue weighted by Gasteiger charge is 2.24. The lowest BCUT2D eigenvalue weighted by atomic mass is 10.1. The molecule has 1 saturated heterocycles. The quantitative estimate of drug-likeness (QED) is 0.496. The highest BCUT2D eigenvalue weighted by Crippen LogP contribution is 2.27. The van der Waals surface area contributed by atoms with Crippen molar-refractivity contribution in [3.05, 3.63) is 88.9 Å². The van der Waals surface area contributed by atoms with Crippen LogP contribution < -0.4 is 20.3 Å². The highest BCUT2D eigenvalue weighted by molar-refractivity contribution is 7.80. The predicted molar refractivity (Wildman–Crippen MR) is 143 cm³/mol. The van der Waals surface area contributed by atoms with Gasteiger partial charge in [-0.1, -0.05) is 35.9 Å². The molecule has 0 aromatic heterocycles. The van der Waals surface area contributed by atoms with Crippen LogP contribution in [-0.4, -0.2) is 55.1 Å². The van der Waals surface area contributed by atoms with Crippen LogP contribution in [0.3, 0.4) is 0 Å². The van der Waals surface area contributed by atoms with E-state index in [0.29, 0.717) is 48.1 Å². The molecule has 0 unspecified atom stereocenters. The molecule has 1 aliphatic heterocycles. The van der Waals surface area contributed by atoms with Crippen LogP contribution in [0.2, 0.25) is 5.02 Å². The van der Waals surface area contributed by atoms with Crippen LogP contribution >= 0.6 is 23.8 Å². The second-order valence-corrected chi connectivity index (χ2v) is 8.76. The average Bonchev–Trinajstić information content (AvgIpc) is 2.89. The molecule has 0 aliphatic carbocycles. The second kappa shape index (κ2) is 11.2. The molecule has 0 spiro atoms. The third kappa shape index (κ3) is 5.90. The van der Waals surface area contributed by atoms with Crippen LogP contribution in [0.5, 0.6) is 5.75 Å². The first kappa shape index (κ1) is 24.5. The Morgan fingerprint density at radius 2 is 1.57 bits per heavy atom. The van der Waals surface area contributed by atoms with Crippen LogP contribution in [0.4, 0.5) is 11.4 Å². The fourth-order valence-electron chi connectivity index (χ4n) is 3.94. The van der Waals surface area contributed by atoms with Crippen LogP contribution in [0, 0.1) is 0 Å². The Balaban J connectivity index is 1.38. The number of methoxy groups -OCH3 is 1. The van der Waals surface area contributed by atoms with Crippen molar-refractivity contribution < 1.29 is 14.3 Å². The lowest BCUT2D eigenvalue weighted by Crippen LogP contribution is -2.49. The number of para-hydroxylation sites is 3. The molecule has 9 heteroatoms. The maximum Gasteiger partial charge on any atom is 0.261 e. The molecule has 3 aromatic rings. The van der Waals surface area contributed by atoms with Gasteiger partial charge < -0.3 is 19.9 Å². The number of rotatable bonds is 5. The Morgan fingerprint density at radius 3 is 2.29 bits per heavy atom. The van der Waals surface area contributed by atoms with Gasteiger partial charge in [-0.2, -0.15) is 0 Å². The van der Waals surface area contributed by atoms with Crippen molar-refractivity contribution in [2.45, 2.75) is 0 Å². The Hall–Kier alpha value is -3.62. The van der Waals surface area contributed by atoms with E-state index < -0.39 is 0 Å². The Labute approximate surface area is 214 Å². The smallest absolute Gasteiger partial charge is 0.261 e. The third-order valence-electron chi connectivity index (χ3n) is 5.73. The molecule has 0 bridgehead atoms. The van der Waals surface area contributed by atoms with Crippen molar-refractivity contribution in [2.24, 2.45) is 0 Å². The van der Waals surface area contributed by atoms with Gasteiger partial charge in [0.05, 0.1) is 24.0 Å². The standard InChI is InChI=1S/C26H25ClN4O3S/c1-34-23-9-5-2-6-20(23)24(32)29-26(35)28-21-7-3-4-8-22(21)30-14-16-31(17-15-30)25(33)18-10-12-19(27)13-11-18/h2-13H,14-17H2,1H3,(H2,28,29,32,35). The maximum absolute atomic E-state index is 12.8. The molecule has 2 amide bonds. The van der Waals surface area contributed by atoms with E-state index in [1.165, 1.54) is 7.11 Å². The minimum Gasteiger partial charge on any atom is -0.496 e. The summed E-state index contributed by atoms with van der Waals surface area (Å²) in [4.78, 5) is 29.5. The summed E-state index contributed by atoms with van der Waals surface area (Å²) in [6.45, 7) is 2.51. The number of piperazine rings is 1. The van der Waals surface area contributed by atoms with E-state index in [2.05, 4.69) is 15.5 Å². The van der Waals surface area contributed by atoms with E-state index in [0.717, 1.165) is 11.4 Å². The maximum atomic E-state index is 12.8. The molecule has 2 N–H and O–H groups in total. The van der Waals surface area contributed by atoms with Gasteiger partial charge in [-0.05, 0) is 60.7 Å². The van der Waals surface area contributed by atoms with E-state index in [4.69, 9.17) is 28.6 Å². The summed E-state index contributed by atoms with van der Waals surface area (Å²) in [7, 11) is 1.52. The van der Waals surface area contributed by atoms with Gasteiger partial charge in [0, 0.05) is 36.8 Å². The van der Waals surface area contributed by atoms with E-state index in [1.807, 2.05) is 29.2 Å². The van der Waals surface area contributed by atoms with Crippen molar-refractivity contribution in [1.82, 2.24) is 10.2 Å². The van der Waals surface area contributed by atoms with Gasteiger partial charge in [-0.25, -0.2) is 0 Å². The number of halogens is 1. The summed E-state index contributed by atoms with van der Waals surface area (Å²) >= 11 is 11.3. The zero-order valence-electron chi connectivity index (χ0n) is 19.2. The summed E-state index contributed by atoms with van der Waals surface area (Å²) in [6, 6.07) is 21.6. The van der Waals surface area contributed by atoms with Crippen LogP contribution in [0.1, 0.15) is 20.7 Å². The van der Waals surface area contributed by atoms with Crippen molar-refractivity contribution in [2.75, 3.05) is 43.5 Å². The molecule has 3 aromatic carbocycles. The first-order valence-electron chi connectivity index (χ1n) is 11.1.